The number of aromatic amines is 1. The van der Waals surface area contributed by atoms with Gasteiger partial charge in [0.05, 0.1) is 61.3 Å². The third kappa shape index (κ3) is 21.6. The molecule has 3 aromatic heterocycles. The zero-order valence-corrected chi connectivity index (χ0v) is 56.1. The van der Waals surface area contributed by atoms with E-state index >= 15 is 0 Å². The van der Waals surface area contributed by atoms with Gasteiger partial charge in [-0.15, -0.1) is 21.5 Å². The van der Waals surface area contributed by atoms with Crippen LogP contribution < -0.4 is 26.0 Å². The Hall–Kier alpha value is -7.83. The normalized spacial score (nSPS) is 16.3. The van der Waals surface area contributed by atoms with E-state index in [-0.39, 0.29) is 61.7 Å². The first kappa shape index (κ1) is 71.0. The summed E-state index contributed by atoms with van der Waals surface area (Å²) in [5.74, 6) is 0.786. The van der Waals surface area contributed by atoms with Crippen LogP contribution in [0.15, 0.2) is 103 Å². The minimum absolute atomic E-state index is 0.0162. The van der Waals surface area contributed by atoms with Gasteiger partial charge in [-0.1, -0.05) is 76.1 Å². The average Bonchev–Trinajstić information content (AvgIpc) is 1.76. The summed E-state index contributed by atoms with van der Waals surface area (Å²) in [7, 11) is 0. The minimum Gasteiger partial charge on any atom is -0.494 e. The maximum absolute atomic E-state index is 14.0. The quantitative estimate of drug-likeness (QED) is 0.0209. The van der Waals surface area contributed by atoms with Gasteiger partial charge in [-0.25, -0.2) is 9.78 Å². The lowest BCUT2D eigenvalue weighted by Crippen LogP contribution is -2.57. The number of thiazole rings is 1. The average molecular weight is 1300 g/mol. The summed E-state index contributed by atoms with van der Waals surface area (Å²) in [5.41, 5.74) is 5.74. The van der Waals surface area contributed by atoms with E-state index in [1.165, 1.54) is 4.90 Å². The summed E-state index contributed by atoms with van der Waals surface area (Å²) in [4.78, 5) is 83.6. The smallest absolute Gasteiger partial charge is 0.410 e. The molecule has 0 radical (unpaired) electrons. The van der Waals surface area contributed by atoms with E-state index in [1.807, 2.05) is 140 Å². The van der Waals surface area contributed by atoms with Crippen molar-refractivity contribution in [2.24, 2.45) is 5.41 Å². The number of hydrogen-bond donors (Lipinski definition) is 6. The number of hydrogen-bond acceptors (Lipinski definition) is 17. The number of aromatic nitrogens is 5. The van der Waals surface area contributed by atoms with Crippen molar-refractivity contribution < 1.29 is 52.8 Å². The van der Waals surface area contributed by atoms with Crippen molar-refractivity contribution in [1.82, 2.24) is 50.9 Å². The van der Waals surface area contributed by atoms with Crippen LogP contribution in [-0.2, 0) is 45.4 Å². The zero-order valence-electron chi connectivity index (χ0n) is 55.3. The molecule has 6 aromatic rings. The predicted molar refractivity (Wildman–Crippen MR) is 357 cm³/mol. The molecule has 502 valence electrons. The number of ether oxygens (including phenoxy) is 5. The second-order valence-corrected chi connectivity index (χ2v) is 27.0. The second-order valence-electron chi connectivity index (χ2n) is 26.1. The number of rotatable bonds is 33. The van der Waals surface area contributed by atoms with Crippen molar-refractivity contribution in [1.29, 1.82) is 0 Å². The molecule has 0 unspecified atom stereocenters. The van der Waals surface area contributed by atoms with Crippen LogP contribution in [0.5, 0.6) is 5.75 Å². The number of likely N-dealkylation sites (tertiary alicyclic amines) is 2. The highest BCUT2D eigenvalue weighted by Crippen LogP contribution is 2.37. The van der Waals surface area contributed by atoms with Crippen LogP contribution in [0.3, 0.4) is 0 Å². The molecule has 8 rings (SSSR count). The van der Waals surface area contributed by atoms with Crippen LogP contribution in [0.25, 0.3) is 21.8 Å². The summed E-state index contributed by atoms with van der Waals surface area (Å²) < 4.78 is 29.0. The molecule has 2 fully saturated rings. The predicted octanol–water partition coefficient (Wildman–Crippen LogP) is 10.5. The van der Waals surface area contributed by atoms with Gasteiger partial charge >= 0.3 is 6.09 Å². The van der Waals surface area contributed by atoms with Gasteiger partial charge in [0.25, 0.3) is 5.91 Å². The first-order valence-electron chi connectivity index (χ1n) is 32.7. The zero-order chi connectivity index (χ0) is 66.4. The summed E-state index contributed by atoms with van der Waals surface area (Å²) in [6, 6.07) is 24.8. The Labute approximate surface area is 551 Å². The number of anilines is 1. The molecule has 4 atom stereocenters. The number of nitrogens with zero attached hydrogens (tertiary/aromatic N) is 6. The number of unbranched alkanes of at least 4 members (excludes halogenated alkanes) is 5. The van der Waals surface area contributed by atoms with Gasteiger partial charge in [0.15, 0.2) is 11.6 Å². The van der Waals surface area contributed by atoms with Crippen LogP contribution in [0.2, 0.25) is 0 Å². The van der Waals surface area contributed by atoms with Gasteiger partial charge in [-0.2, -0.15) is 0 Å². The number of carbonyl (C=O) groups is 5. The third-order valence-corrected chi connectivity index (χ3v) is 17.5. The van der Waals surface area contributed by atoms with Crippen molar-refractivity contribution in [3.63, 3.8) is 0 Å². The lowest BCUT2D eigenvalue weighted by Gasteiger charge is -2.41. The number of piperidine rings is 1. The van der Waals surface area contributed by atoms with Crippen molar-refractivity contribution in [2.45, 2.75) is 168 Å². The molecular formula is C70H95N11O11S. The first-order chi connectivity index (χ1) is 44.6. The highest BCUT2D eigenvalue weighted by Gasteiger charge is 2.45. The topological polar surface area (TPSA) is 274 Å². The monoisotopic (exact) mass is 1300 g/mol. The summed E-state index contributed by atoms with van der Waals surface area (Å²) in [5, 5.41) is 32.4. The number of aliphatic hydroxyl groups is 1. The lowest BCUT2D eigenvalue weighted by atomic mass is 9.85. The summed E-state index contributed by atoms with van der Waals surface area (Å²) >= 11 is 1.58. The number of pyridine rings is 1. The Morgan fingerprint density at radius 1 is 0.763 bits per heavy atom. The fourth-order valence-electron chi connectivity index (χ4n) is 11.3. The number of aliphatic hydroxyl groups excluding tert-OH is 1. The van der Waals surface area contributed by atoms with Gasteiger partial charge in [0, 0.05) is 81.4 Å². The Balaban J connectivity index is 0.642. The van der Waals surface area contributed by atoms with Crippen LogP contribution in [0.1, 0.15) is 158 Å². The molecule has 2 aliphatic heterocycles. The molecule has 93 heavy (non-hydrogen) atoms. The van der Waals surface area contributed by atoms with Crippen LogP contribution in [-0.4, -0.2) is 159 Å². The van der Waals surface area contributed by atoms with Crippen LogP contribution in [0.4, 0.5) is 10.5 Å². The van der Waals surface area contributed by atoms with Gasteiger partial charge in [0.2, 0.25) is 17.7 Å². The lowest BCUT2D eigenvalue weighted by molar-refractivity contribution is -0.144. The molecule has 0 saturated carbocycles. The highest BCUT2D eigenvalue weighted by molar-refractivity contribution is 7.13. The molecule has 0 bridgehead atoms. The van der Waals surface area contributed by atoms with E-state index in [4.69, 9.17) is 23.7 Å². The molecule has 5 amide bonds. The Kier molecular flexibility index (Phi) is 26.2. The molecule has 2 aliphatic rings. The fourth-order valence-corrected chi connectivity index (χ4v) is 12.1. The third-order valence-electron chi connectivity index (χ3n) is 16.5. The number of H-pyrrole nitrogens is 1. The van der Waals surface area contributed by atoms with E-state index in [0.717, 1.165) is 82.8 Å². The van der Waals surface area contributed by atoms with Gasteiger partial charge < -0.3 is 64.8 Å². The van der Waals surface area contributed by atoms with Crippen LogP contribution in [0, 0.1) is 12.3 Å². The van der Waals surface area contributed by atoms with Crippen LogP contribution >= 0.6 is 11.3 Å². The van der Waals surface area contributed by atoms with Crippen molar-refractivity contribution in [2.75, 3.05) is 71.2 Å². The minimum atomic E-state index is -0.878. The second kappa shape index (κ2) is 34.4. The van der Waals surface area contributed by atoms with E-state index in [0.29, 0.717) is 95.8 Å². The number of nitrogens with one attached hydrogen (secondary N) is 5. The molecular weight excluding hydrogens is 1200 g/mol. The number of carbonyl (C=O) groups excluding carboxylic acids is 5. The number of amides is 5. The SMILES string of the molecule is Cc1ncsc1-c1ccc(CNC(=O)[C@@H]2C[C@@H](O)CN2C(=O)[C@H](NC(=O)CCCCCOCCOCCOCCCCCCOc2cccc([C@@H](C)NC(=O)c3cccc(NC4(c5nnc(-c6ccncc6)[nH]5)CCN(C(=O)OC(C)(C)C)CC4)c3)c2)C(C)(C)C)cc1. The van der Waals surface area contributed by atoms with Gasteiger partial charge in [0.1, 0.15) is 29.0 Å². The summed E-state index contributed by atoms with van der Waals surface area (Å²) in [6.45, 7) is 19.9. The van der Waals surface area contributed by atoms with Gasteiger partial charge in [-0.3, -0.25) is 24.2 Å². The standard InChI is InChI=1S/C70H95N11O11S/c1-48(74-63(84)54-19-16-20-55(42-54)77-70(29-33-80(34-30-70)67(87)92-69(6,7)8)66-76-62(78-79-66)52-27-31-71-32-28-52)53-18-17-21-57(43-53)91-37-15-10-9-13-35-88-38-40-90-41-39-89-36-14-11-12-22-59(83)75-61(68(3,4)5)65(86)81-46-56(82)44-58(81)64(85)72-45-50-23-25-51(26-24-50)60-49(2)73-47-93-60/h16-21,23-28,31-32,42-43,47-48,56,58,61,77,82H,9-15,22,29-30,33-41,44-46H2,1-8H3,(H,72,85)(H,74,84)(H,75,83)(H,76,78,79)/t48-,56-,58+,61+/m1/s1. The van der Waals surface area contributed by atoms with Crippen molar-refractivity contribution in [3.8, 4) is 27.6 Å². The molecule has 3 aromatic carbocycles. The van der Waals surface area contributed by atoms with Gasteiger partial charge in [-0.05, 0) is 144 Å². The van der Waals surface area contributed by atoms with E-state index < -0.39 is 34.7 Å². The molecule has 0 aliphatic carbocycles. The molecule has 2 saturated heterocycles. The molecule has 6 N–H and O–H groups in total. The van der Waals surface area contributed by atoms with E-state index in [9.17, 15) is 29.1 Å². The largest absolute Gasteiger partial charge is 0.494 e. The number of β-amino-alcohol motifs (C(OH)–C–C–N with tert-alkyl or cyclic N) is 1. The summed E-state index contributed by atoms with van der Waals surface area (Å²) in [6.07, 6.45) is 9.63. The number of aryl methyl sites for hydroxylation is 1. The van der Waals surface area contributed by atoms with Crippen molar-refractivity contribution >= 4 is 46.7 Å². The molecule has 23 heteroatoms. The first-order valence-corrected chi connectivity index (χ1v) is 33.5. The Morgan fingerprint density at radius 3 is 2.10 bits per heavy atom. The highest BCUT2D eigenvalue weighted by atomic mass is 32.1. The molecule has 5 heterocycles. The Bertz CT molecular complexity index is 3340. The molecule has 22 nitrogen and oxygen atoms in total. The van der Waals surface area contributed by atoms with E-state index in [2.05, 4.69) is 46.4 Å². The number of benzene rings is 3. The van der Waals surface area contributed by atoms with Crippen molar-refractivity contribution in [3.05, 3.63) is 131 Å². The molecule has 0 spiro atoms. The fraction of sp³-hybridized carbons (Fsp3) is 0.529. The maximum Gasteiger partial charge on any atom is 0.410 e. The van der Waals surface area contributed by atoms with E-state index in [1.54, 1.807) is 34.7 Å². The maximum atomic E-state index is 14.0. The Morgan fingerprint density at radius 2 is 1.43 bits per heavy atom.